The molecule has 0 amide bonds. The number of imidazole rings is 1. The SMILES string of the molecule is C1COCCO1.NC(=S)[S-].NC(=S)[S-].NC(=S)[S-].[Mo+4].[c-]1ncc[nH]1. The average molecular weight is 528 g/mol. The second kappa shape index (κ2) is 28.0. The molecule has 24 heavy (non-hydrogen) atoms. The molecule has 0 unspecified atom stereocenters. The van der Waals surface area contributed by atoms with Crippen LogP contribution in [0.4, 0.5) is 0 Å². The number of nitrogens with two attached hydrogens (primary N) is 3. The van der Waals surface area contributed by atoms with Gasteiger partial charge in [-0.15, -0.1) is 12.4 Å². The molecule has 1 saturated heterocycles. The van der Waals surface area contributed by atoms with Gasteiger partial charge in [-0.05, 0) is 6.33 Å². The summed E-state index contributed by atoms with van der Waals surface area (Å²) in [5, 5.41) is 0. The van der Waals surface area contributed by atoms with E-state index < -0.39 is 0 Å². The molecule has 0 aliphatic carbocycles. The standard InChI is InChI=1S/C4H8O2.C3H3N2.3CH3NS2.Mo/c1-2-6-4-3-5-1;1-2-5-3-4-1;3*2-1(3)4;/h1-4H2;1-2H,(H,4,5);3*(H3,2,3,4);/q;-1;;;;+4/p-3. The molecule has 136 valence electrons. The molecule has 0 atom stereocenters. The number of hydrogen-bond donors (Lipinski definition) is 4. The Morgan fingerprint density at radius 1 is 0.917 bits per heavy atom. The van der Waals surface area contributed by atoms with Gasteiger partial charge in [0, 0.05) is 0 Å². The van der Waals surface area contributed by atoms with E-state index in [1.807, 2.05) is 0 Å². The van der Waals surface area contributed by atoms with Crippen LogP contribution >= 0.6 is 36.7 Å². The first kappa shape index (κ1) is 31.9. The third kappa shape index (κ3) is 79.7. The van der Waals surface area contributed by atoms with Crippen molar-refractivity contribution in [2.45, 2.75) is 0 Å². The number of aromatic amines is 1. The molecule has 0 aromatic carbocycles. The van der Waals surface area contributed by atoms with Gasteiger partial charge in [0.2, 0.25) is 0 Å². The first-order valence-corrected chi connectivity index (χ1v) is 8.05. The minimum absolute atomic E-state index is 0. The van der Waals surface area contributed by atoms with Crippen LogP contribution in [-0.2, 0) is 68.4 Å². The third-order valence-corrected chi connectivity index (χ3v) is 1.11. The summed E-state index contributed by atoms with van der Waals surface area (Å²) in [5.74, 6) is 0. The van der Waals surface area contributed by atoms with Crippen LogP contribution in [0.15, 0.2) is 12.4 Å². The summed E-state index contributed by atoms with van der Waals surface area (Å²) in [6.07, 6.45) is 5.83. The first-order valence-electron chi connectivity index (χ1n) is 5.60. The van der Waals surface area contributed by atoms with Gasteiger partial charge in [0.05, 0.1) is 26.4 Å². The quantitative estimate of drug-likeness (QED) is 0.151. The fourth-order valence-electron chi connectivity index (χ4n) is 0.626. The molecule has 0 bridgehead atoms. The Morgan fingerprint density at radius 2 is 1.21 bits per heavy atom. The van der Waals surface area contributed by atoms with E-state index in [2.05, 4.69) is 108 Å². The molecular formula is C10H17MoN5O2S6. The van der Waals surface area contributed by atoms with Gasteiger partial charge in [-0.25, -0.2) is 0 Å². The predicted octanol–water partition coefficient (Wildman–Crippen LogP) is -0.429. The molecule has 1 aliphatic heterocycles. The zero-order valence-corrected chi connectivity index (χ0v) is 19.2. The molecule has 14 heteroatoms. The number of nitrogens with one attached hydrogen (secondary N) is 1. The Labute approximate surface area is 189 Å². The van der Waals surface area contributed by atoms with Gasteiger partial charge in [0.15, 0.2) is 0 Å². The maximum atomic E-state index is 4.94. The van der Waals surface area contributed by atoms with Crippen LogP contribution in [0, 0.1) is 6.33 Å². The summed E-state index contributed by atoms with van der Waals surface area (Å²) >= 11 is 24.8. The van der Waals surface area contributed by atoms with Crippen LogP contribution in [0.3, 0.4) is 0 Å². The number of H-pyrrole nitrogens is 1. The molecule has 1 aromatic heterocycles. The first-order chi connectivity index (χ1) is 10.7. The van der Waals surface area contributed by atoms with E-state index in [-0.39, 0.29) is 34.0 Å². The van der Waals surface area contributed by atoms with Gasteiger partial charge in [0.1, 0.15) is 0 Å². The van der Waals surface area contributed by atoms with Crippen molar-refractivity contribution in [3.8, 4) is 0 Å². The van der Waals surface area contributed by atoms with Crippen LogP contribution in [0.25, 0.3) is 0 Å². The summed E-state index contributed by atoms with van der Waals surface area (Å²) < 4.78 is 10.1. The fraction of sp³-hybridized carbons (Fsp3) is 0.400. The summed E-state index contributed by atoms with van der Waals surface area (Å²) in [6, 6.07) is 0. The predicted molar refractivity (Wildman–Crippen MR) is 112 cm³/mol. The molecule has 2 rings (SSSR count). The Morgan fingerprint density at radius 3 is 1.29 bits per heavy atom. The Bertz CT molecular complexity index is 326. The van der Waals surface area contributed by atoms with Gasteiger partial charge in [-0.2, -0.15) is 0 Å². The number of hydrogen-bond acceptors (Lipinski definition) is 9. The maximum absolute atomic E-state index is 4.94. The Kier molecular flexibility index (Phi) is 37.2. The number of aromatic nitrogens is 2. The van der Waals surface area contributed by atoms with E-state index in [9.17, 15) is 0 Å². The maximum Gasteiger partial charge on any atom is 4.00 e. The molecule has 1 aliphatic rings. The molecule has 0 radical (unpaired) electrons. The Hall–Kier alpha value is 0.148. The van der Waals surface area contributed by atoms with Crippen LogP contribution in [0.1, 0.15) is 0 Å². The molecular weight excluding hydrogens is 510 g/mol. The zero-order chi connectivity index (χ0) is 18.5. The largest absolute Gasteiger partial charge is 4.00 e. The summed E-state index contributed by atoms with van der Waals surface area (Å²) in [7, 11) is 0. The van der Waals surface area contributed by atoms with E-state index in [1.54, 1.807) is 12.4 Å². The fourth-order valence-corrected chi connectivity index (χ4v) is 0.626. The second-order valence-electron chi connectivity index (χ2n) is 2.88. The number of nitrogens with zero attached hydrogens (tertiary/aromatic N) is 1. The van der Waals surface area contributed by atoms with Crippen LogP contribution in [0.2, 0.25) is 0 Å². The average Bonchev–Trinajstić information content (AvgIpc) is 2.97. The molecule has 0 saturated carbocycles. The smallest absolute Gasteiger partial charge is 0.467 e. The van der Waals surface area contributed by atoms with Crippen LogP contribution in [-0.4, -0.2) is 49.4 Å². The zero-order valence-electron chi connectivity index (χ0n) is 12.3. The molecule has 1 fully saturated rings. The molecule has 7 N–H and O–H groups in total. The molecule has 7 nitrogen and oxygen atoms in total. The van der Waals surface area contributed by atoms with Crippen molar-refractivity contribution in [1.29, 1.82) is 0 Å². The molecule has 1 aromatic rings. The number of ether oxygens (including phenoxy) is 2. The van der Waals surface area contributed by atoms with Crippen molar-refractivity contribution in [2.24, 2.45) is 17.2 Å². The number of thiocarbonyl (C=S) groups is 3. The Balaban J connectivity index is -0.000000105. The molecule has 0 spiro atoms. The third-order valence-electron chi connectivity index (χ3n) is 1.11. The van der Waals surface area contributed by atoms with Crippen molar-refractivity contribution in [1.82, 2.24) is 9.97 Å². The van der Waals surface area contributed by atoms with Crippen molar-refractivity contribution in [2.75, 3.05) is 26.4 Å². The van der Waals surface area contributed by atoms with E-state index in [0.717, 1.165) is 26.4 Å². The van der Waals surface area contributed by atoms with Crippen LogP contribution in [0.5, 0.6) is 0 Å². The minimum Gasteiger partial charge on any atom is -0.467 e. The van der Waals surface area contributed by atoms with Gasteiger partial charge >= 0.3 is 21.1 Å². The summed E-state index contributed by atoms with van der Waals surface area (Å²) in [6.45, 7) is 3.11. The minimum atomic E-state index is 0. The topological polar surface area (TPSA) is 125 Å². The monoisotopic (exact) mass is 529 g/mol. The summed E-state index contributed by atoms with van der Waals surface area (Å²) in [5.41, 5.74) is 14.0. The number of rotatable bonds is 0. The van der Waals surface area contributed by atoms with Crippen molar-refractivity contribution in [3.63, 3.8) is 0 Å². The van der Waals surface area contributed by atoms with E-state index in [1.165, 1.54) is 0 Å². The normalized spacial score (nSPS) is 10.7. The van der Waals surface area contributed by atoms with E-state index >= 15 is 0 Å². The van der Waals surface area contributed by atoms with Crippen molar-refractivity contribution in [3.05, 3.63) is 18.7 Å². The van der Waals surface area contributed by atoms with Gasteiger partial charge < -0.3 is 111 Å². The van der Waals surface area contributed by atoms with E-state index in [4.69, 9.17) is 9.47 Å². The van der Waals surface area contributed by atoms with Gasteiger partial charge in [0.25, 0.3) is 0 Å². The molecule has 2 heterocycles. The van der Waals surface area contributed by atoms with Crippen molar-refractivity contribution >= 4 is 87.5 Å². The van der Waals surface area contributed by atoms with Crippen molar-refractivity contribution < 1.29 is 30.5 Å². The van der Waals surface area contributed by atoms with Gasteiger partial charge in [-0.3, -0.25) is 0 Å². The van der Waals surface area contributed by atoms with Gasteiger partial charge in [-0.1, -0.05) is 13.0 Å². The van der Waals surface area contributed by atoms with Crippen LogP contribution < -0.4 is 17.2 Å². The van der Waals surface area contributed by atoms with E-state index in [0.29, 0.717) is 0 Å². The second-order valence-corrected chi connectivity index (χ2v) is 6.30. The summed E-state index contributed by atoms with van der Waals surface area (Å²) in [4.78, 5) is 6.17.